The van der Waals surface area contributed by atoms with E-state index in [1.165, 1.54) is 39.2 Å². The van der Waals surface area contributed by atoms with Crippen molar-refractivity contribution in [2.24, 2.45) is 11.7 Å². The highest BCUT2D eigenvalue weighted by Crippen LogP contribution is 2.33. The normalized spacial score (nSPS) is 14.1. The van der Waals surface area contributed by atoms with Crippen LogP contribution in [0.25, 0.3) is 0 Å². The van der Waals surface area contributed by atoms with E-state index in [0.29, 0.717) is 11.5 Å². The van der Waals surface area contributed by atoms with Crippen molar-refractivity contribution in [1.82, 2.24) is 0 Å². The monoisotopic (exact) mass is 468 g/mol. The van der Waals surface area contributed by atoms with Crippen LogP contribution in [-0.2, 0) is 23.8 Å². The summed E-state index contributed by atoms with van der Waals surface area (Å²) in [4.78, 5) is 48.5. The average molecular weight is 469 g/mol. The van der Waals surface area contributed by atoms with Crippen molar-refractivity contribution in [3.8, 4) is 0 Å². The molecule has 0 unspecified atom stereocenters. The van der Waals surface area contributed by atoms with Gasteiger partial charge >= 0.3 is 11.9 Å². The Labute approximate surface area is 192 Å². The summed E-state index contributed by atoms with van der Waals surface area (Å²) in [5.74, 6) is -1.80. The largest absolute Gasteiger partial charge is 0.460 e. The van der Waals surface area contributed by atoms with Crippen LogP contribution in [0.1, 0.15) is 77.0 Å². The Morgan fingerprint density at radius 1 is 1.09 bits per heavy atom. The zero-order valence-corrected chi connectivity index (χ0v) is 19.5. The summed E-state index contributed by atoms with van der Waals surface area (Å²) in [6.07, 6.45) is 8.28. The van der Waals surface area contributed by atoms with E-state index < -0.39 is 30.4 Å². The number of methoxy groups -OCH3 is 1. The van der Waals surface area contributed by atoms with Crippen LogP contribution in [-0.4, -0.2) is 50.7 Å². The van der Waals surface area contributed by atoms with Crippen LogP contribution in [0.5, 0.6) is 0 Å². The van der Waals surface area contributed by atoms with E-state index in [1.54, 1.807) is 6.92 Å². The van der Waals surface area contributed by atoms with Crippen LogP contribution < -0.4 is 11.1 Å². The minimum Gasteiger partial charge on any atom is -0.460 e. The molecule has 10 heteroatoms. The third-order valence-corrected chi connectivity index (χ3v) is 6.65. The molecule has 3 N–H and O–H groups in total. The van der Waals surface area contributed by atoms with Crippen molar-refractivity contribution in [1.29, 1.82) is 0 Å². The molecular formula is C22H32N2O7S. The lowest BCUT2D eigenvalue weighted by Gasteiger charge is -2.20. The number of hydrogen-bond acceptors (Lipinski definition) is 8. The highest BCUT2D eigenvalue weighted by atomic mass is 32.1. The van der Waals surface area contributed by atoms with Gasteiger partial charge in [-0.15, -0.1) is 11.3 Å². The van der Waals surface area contributed by atoms with Gasteiger partial charge in [0.15, 0.2) is 6.61 Å². The lowest BCUT2D eigenvalue weighted by molar-refractivity contribution is -0.147. The topological polar surface area (TPSA) is 134 Å². The van der Waals surface area contributed by atoms with Crippen molar-refractivity contribution < 1.29 is 33.4 Å². The van der Waals surface area contributed by atoms with Crippen LogP contribution in [0.3, 0.4) is 0 Å². The number of carbonyl (C=O) groups is 4. The van der Waals surface area contributed by atoms with E-state index in [2.05, 4.69) is 5.32 Å². The molecule has 1 aromatic rings. The number of amides is 2. The Hall–Kier alpha value is -2.46. The first-order chi connectivity index (χ1) is 15.3. The molecule has 0 saturated heterocycles. The molecule has 0 aliphatic heterocycles. The van der Waals surface area contributed by atoms with E-state index in [4.69, 9.17) is 19.9 Å². The van der Waals surface area contributed by atoms with Crippen molar-refractivity contribution >= 4 is 40.1 Å². The zero-order chi connectivity index (χ0) is 23.5. The zero-order valence-electron chi connectivity index (χ0n) is 18.7. The molecule has 32 heavy (non-hydrogen) atoms. The number of nitrogens with one attached hydrogen (secondary N) is 1. The van der Waals surface area contributed by atoms with Crippen molar-refractivity contribution in [2.45, 2.75) is 58.3 Å². The number of rotatable bonds is 12. The van der Waals surface area contributed by atoms with Gasteiger partial charge in [0.05, 0.1) is 17.0 Å². The van der Waals surface area contributed by atoms with Crippen molar-refractivity contribution in [3.05, 3.63) is 16.0 Å². The average Bonchev–Trinajstić information content (AvgIpc) is 3.09. The molecule has 1 saturated carbocycles. The summed E-state index contributed by atoms with van der Waals surface area (Å²) < 4.78 is 15.0. The second-order valence-electron chi connectivity index (χ2n) is 7.86. The summed E-state index contributed by atoms with van der Waals surface area (Å²) in [7, 11) is 1.47. The Morgan fingerprint density at radius 3 is 2.47 bits per heavy atom. The fourth-order valence-electron chi connectivity index (χ4n) is 3.76. The van der Waals surface area contributed by atoms with Gasteiger partial charge in [-0.2, -0.15) is 0 Å². The highest BCUT2D eigenvalue weighted by molar-refractivity contribution is 7.18. The standard InChI is InChI=1S/C22H32N2O7S/c1-14-18(22(28)30-12-11-29-2)21(32-19(14)20(23)27)24-16(25)13-31-17(26)10-6-9-15-7-4-3-5-8-15/h15H,3-13H2,1-2H3,(H2,23,27)(H,24,25). The molecule has 1 fully saturated rings. The molecule has 2 amide bonds. The van der Waals surface area contributed by atoms with E-state index >= 15 is 0 Å². The summed E-state index contributed by atoms with van der Waals surface area (Å²) in [6.45, 7) is 1.28. The predicted octanol–water partition coefficient (Wildman–Crippen LogP) is 3.19. The van der Waals surface area contributed by atoms with E-state index in [0.717, 1.165) is 24.2 Å². The first-order valence-corrected chi connectivity index (χ1v) is 11.7. The lowest BCUT2D eigenvalue weighted by atomic mass is 9.86. The molecule has 1 aromatic heterocycles. The van der Waals surface area contributed by atoms with Crippen LogP contribution in [0.4, 0.5) is 5.00 Å². The number of hydrogen-bond donors (Lipinski definition) is 2. The Balaban J connectivity index is 1.87. The van der Waals surface area contributed by atoms with Crippen molar-refractivity contribution in [3.63, 3.8) is 0 Å². The molecule has 0 atom stereocenters. The van der Waals surface area contributed by atoms with Gasteiger partial charge < -0.3 is 25.3 Å². The number of ether oxygens (including phenoxy) is 3. The second kappa shape index (κ2) is 13.2. The minimum absolute atomic E-state index is 0.0163. The third kappa shape index (κ3) is 7.90. The second-order valence-corrected chi connectivity index (χ2v) is 8.88. The number of esters is 2. The van der Waals surface area contributed by atoms with Gasteiger partial charge in [-0.25, -0.2) is 4.79 Å². The maximum Gasteiger partial charge on any atom is 0.341 e. The van der Waals surface area contributed by atoms with Crippen LogP contribution in [0.2, 0.25) is 0 Å². The first kappa shape index (κ1) is 25.8. The maximum atomic E-state index is 12.4. The van der Waals surface area contributed by atoms with Gasteiger partial charge in [0.2, 0.25) is 0 Å². The number of primary amides is 1. The highest BCUT2D eigenvalue weighted by Gasteiger charge is 2.26. The summed E-state index contributed by atoms with van der Waals surface area (Å²) in [5.41, 5.74) is 5.73. The smallest absolute Gasteiger partial charge is 0.341 e. The number of carbonyl (C=O) groups excluding carboxylic acids is 4. The third-order valence-electron chi connectivity index (χ3n) is 5.43. The summed E-state index contributed by atoms with van der Waals surface area (Å²) in [5, 5.41) is 2.65. The summed E-state index contributed by atoms with van der Waals surface area (Å²) >= 11 is 0.875. The minimum atomic E-state index is -0.719. The van der Waals surface area contributed by atoms with Gasteiger partial charge in [0.25, 0.3) is 11.8 Å². The molecule has 1 aliphatic rings. The molecule has 178 valence electrons. The summed E-state index contributed by atoms with van der Waals surface area (Å²) in [6, 6.07) is 0. The molecule has 0 radical (unpaired) electrons. The van der Waals surface area contributed by atoms with Gasteiger partial charge in [-0.1, -0.05) is 32.1 Å². The number of anilines is 1. The predicted molar refractivity (Wildman–Crippen MR) is 120 cm³/mol. The van der Waals surface area contributed by atoms with Crippen LogP contribution >= 0.6 is 11.3 Å². The molecule has 1 heterocycles. The molecule has 2 rings (SSSR count). The number of thiophene rings is 1. The molecule has 1 aliphatic carbocycles. The lowest BCUT2D eigenvalue weighted by Crippen LogP contribution is -2.22. The quantitative estimate of drug-likeness (QED) is 0.355. The van der Waals surface area contributed by atoms with Crippen molar-refractivity contribution in [2.75, 3.05) is 32.2 Å². The molecule has 0 spiro atoms. The fourth-order valence-corrected chi connectivity index (χ4v) is 4.83. The number of nitrogens with two attached hydrogens (primary N) is 1. The van der Waals surface area contributed by atoms with Gasteiger partial charge in [-0.05, 0) is 31.2 Å². The van der Waals surface area contributed by atoms with Gasteiger partial charge in [-0.3, -0.25) is 14.4 Å². The van der Waals surface area contributed by atoms with E-state index in [1.807, 2.05) is 0 Å². The van der Waals surface area contributed by atoms with Gasteiger partial charge in [0, 0.05) is 13.5 Å². The maximum absolute atomic E-state index is 12.4. The fraction of sp³-hybridized carbons (Fsp3) is 0.636. The Bertz CT molecular complexity index is 815. The van der Waals surface area contributed by atoms with E-state index in [9.17, 15) is 19.2 Å². The first-order valence-electron chi connectivity index (χ1n) is 10.9. The van der Waals surface area contributed by atoms with E-state index in [-0.39, 0.29) is 35.1 Å². The molecule has 9 nitrogen and oxygen atoms in total. The molecular weight excluding hydrogens is 436 g/mol. The van der Waals surface area contributed by atoms with Gasteiger partial charge in [0.1, 0.15) is 11.6 Å². The Kier molecular flexibility index (Phi) is 10.6. The van der Waals surface area contributed by atoms with Crippen LogP contribution in [0, 0.1) is 12.8 Å². The SMILES string of the molecule is COCCOC(=O)c1c(NC(=O)COC(=O)CCCC2CCCCC2)sc(C(N)=O)c1C. The Morgan fingerprint density at radius 2 is 1.81 bits per heavy atom. The van der Waals surface area contributed by atoms with Crippen LogP contribution in [0.15, 0.2) is 0 Å². The molecule has 0 aromatic carbocycles. The molecule has 0 bridgehead atoms.